The van der Waals surface area contributed by atoms with E-state index in [1.54, 1.807) is 111 Å². The number of rotatable bonds is 20. The largest absolute Gasteiger partial charge is 0.491 e. The first-order chi connectivity index (χ1) is 68.7. The van der Waals surface area contributed by atoms with E-state index in [1.807, 2.05) is 67.6 Å². The molecule has 1 unspecified atom stereocenters. The monoisotopic (exact) mass is 2150 g/mol. The summed E-state index contributed by atoms with van der Waals surface area (Å²) in [6.45, 7) is 20.3. The first kappa shape index (κ1) is 109. The summed E-state index contributed by atoms with van der Waals surface area (Å²) in [5, 5.41) is 39.5. The van der Waals surface area contributed by atoms with E-state index < -0.39 is 163 Å². The van der Waals surface area contributed by atoms with E-state index in [0.717, 1.165) is 39.1 Å². The zero-order valence-corrected chi connectivity index (χ0v) is 86.4. The number of nitrogens with zero attached hydrogens (tertiary/aromatic N) is 8. The van der Waals surface area contributed by atoms with Crippen LogP contribution >= 0.6 is 0 Å². The third-order valence-corrected chi connectivity index (χ3v) is 32.7. The number of sulfonamides is 6. The minimum Gasteiger partial charge on any atom is -0.491 e. The Balaban J connectivity index is 0.000000126. The fourth-order valence-corrected chi connectivity index (χ4v) is 26.0. The molecular weight excluding hydrogens is 2030 g/mol. The summed E-state index contributed by atoms with van der Waals surface area (Å²) in [4.78, 5) is 4.55. The molecule has 0 amide bonds. The highest BCUT2D eigenvalue weighted by molar-refractivity contribution is 7.91. The van der Waals surface area contributed by atoms with E-state index in [4.69, 9.17) is 115 Å². The molecule has 0 aromatic heterocycles. The van der Waals surface area contributed by atoms with Crippen molar-refractivity contribution < 1.29 is 151 Å². The molecule has 6 aromatic rings. The molecule has 53 heteroatoms. The smallest absolute Gasteiger partial charge is 0.259 e. The zero-order chi connectivity index (χ0) is 105. The van der Waals surface area contributed by atoms with E-state index in [2.05, 4.69) is 36.2 Å². The molecular formula is C93H122N14O33S6. The van der Waals surface area contributed by atoms with Gasteiger partial charge in [0.15, 0.2) is 29.9 Å². The summed E-state index contributed by atoms with van der Waals surface area (Å²) in [6.07, 6.45) is -6.16. The van der Waals surface area contributed by atoms with Crippen molar-refractivity contribution in [1.82, 2.24) is 9.80 Å². The van der Waals surface area contributed by atoms with Gasteiger partial charge in [-0.05, 0) is 164 Å². The minimum atomic E-state index is -3.63. The van der Waals surface area contributed by atoms with Crippen LogP contribution in [-0.2, 0) is 147 Å². The van der Waals surface area contributed by atoms with Crippen molar-refractivity contribution in [3.05, 3.63) is 176 Å². The number of fused-ring (bicyclic) bond motifs is 10. The third kappa shape index (κ3) is 25.3. The first-order valence-corrected chi connectivity index (χ1v) is 56.8. The average Bonchev–Trinajstić information content (AvgIpc) is 1.61. The lowest BCUT2D eigenvalue weighted by molar-refractivity contribution is -0.238. The van der Waals surface area contributed by atoms with Crippen molar-refractivity contribution in [2.45, 2.75) is 243 Å². The zero-order valence-electron chi connectivity index (χ0n) is 81.5. The molecule has 6 aromatic carbocycles. The highest BCUT2D eigenvalue weighted by atomic mass is 32.2. The van der Waals surface area contributed by atoms with Gasteiger partial charge in [0, 0.05) is 26.7 Å². The highest BCUT2D eigenvalue weighted by Gasteiger charge is 2.62. The molecule has 15 aliphatic rings. The molecule has 798 valence electrons. The summed E-state index contributed by atoms with van der Waals surface area (Å²) in [6, 6.07) is 30.9. The Bertz CT molecular complexity index is 6830. The van der Waals surface area contributed by atoms with Crippen molar-refractivity contribution in [3.63, 3.8) is 0 Å². The molecule has 16 N–H and O–H groups in total. The maximum Gasteiger partial charge on any atom is 0.259 e. The Labute approximate surface area is 845 Å². The Hall–Kier alpha value is -10.0. The van der Waals surface area contributed by atoms with Gasteiger partial charge in [0.05, 0.1) is 80.1 Å². The van der Waals surface area contributed by atoms with E-state index in [1.165, 1.54) is 12.8 Å². The van der Waals surface area contributed by atoms with E-state index >= 15 is 0 Å². The Morgan fingerprint density at radius 1 is 0.377 bits per heavy atom. The molecule has 0 radical (unpaired) electrons. The number of benzene rings is 6. The summed E-state index contributed by atoms with van der Waals surface area (Å²) in [7, 11) is -17.8. The second kappa shape index (κ2) is 43.1. The summed E-state index contributed by atoms with van der Waals surface area (Å²) in [5.41, 5.74) is 41.4. The fraction of sp³-hybridized carbons (Fsp3) is 0.548. The number of ether oxygens (including phenoxy) is 17. The van der Waals surface area contributed by atoms with Gasteiger partial charge in [-0.25, -0.2) is 50.5 Å². The van der Waals surface area contributed by atoms with Crippen molar-refractivity contribution in [1.29, 1.82) is 0 Å². The number of nitrogens with two attached hydrogens (primary N) is 6. The van der Waals surface area contributed by atoms with Crippen LogP contribution in [0.25, 0.3) is 0 Å². The SMILES string of the molecule is CC1(C)O[C@H]2OC(COc3cccc4c3C(N)=NS(=O)(=O)C4)[C@@H]3OC(C)(C)O[C@H]3[C@H]2O1.CC[C@@H]1O[C@H](COc2cccc3c2C(N)=NS(=O)(=O)C3)[C@@H](O)[C@H]1O.CN1CC[C@H](Oc2cccc3c2C(N)=NS(=O)(=O)C3)C1.CO[C@@H]1O[C@H](COc2cccc3c2C(N)=NS(=O)(=O)C3)[C@H]2OC(C)(C)O[C@@H]12.C[C@@H]1O[C@H](COc2cccc3c2C(N)=NS(=O)(=O)C3)[C@@H](O)[C@H]1O.NC1=NS(=O)(=O)Cc2cccc(OCCN3CCCC3)c21. The molecule has 0 bridgehead atoms. The van der Waals surface area contributed by atoms with Crippen LogP contribution < -0.4 is 62.8 Å². The van der Waals surface area contributed by atoms with Crippen LogP contribution in [0.1, 0.15) is 148 Å². The fourth-order valence-electron chi connectivity index (χ4n) is 19.5. The molecule has 15 heterocycles. The van der Waals surface area contributed by atoms with Gasteiger partial charge in [-0.2, -0.15) is 0 Å². The Kier molecular flexibility index (Phi) is 32.1. The van der Waals surface area contributed by atoms with Gasteiger partial charge in [-0.15, -0.1) is 26.4 Å². The molecule has 15 aliphatic heterocycles. The van der Waals surface area contributed by atoms with Gasteiger partial charge in [0.1, 0.15) is 188 Å². The number of likely N-dealkylation sites (tertiary alicyclic amines) is 2. The second-order valence-electron chi connectivity index (χ2n) is 38.4. The third-order valence-electron chi connectivity index (χ3n) is 25.8. The maximum atomic E-state index is 11.9. The number of aliphatic hydroxyl groups is 4. The Morgan fingerprint density at radius 3 is 1.05 bits per heavy atom. The molecule has 0 spiro atoms. The summed E-state index contributed by atoms with van der Waals surface area (Å²) >= 11 is 0. The predicted octanol–water partition coefficient (Wildman–Crippen LogP) is 1.18. The van der Waals surface area contributed by atoms with E-state index in [-0.39, 0.29) is 120 Å². The topological polar surface area (TPSA) is 679 Å². The van der Waals surface area contributed by atoms with Crippen LogP contribution in [0, 0.1) is 0 Å². The second-order valence-corrected chi connectivity index (χ2v) is 48.2. The van der Waals surface area contributed by atoms with Crippen LogP contribution in [-0.4, -0.2) is 323 Å². The highest BCUT2D eigenvalue weighted by Crippen LogP contribution is 2.47. The quantitative estimate of drug-likeness (QED) is 0.0513. The normalized spacial score (nSPS) is 30.6. The van der Waals surface area contributed by atoms with Crippen molar-refractivity contribution >= 4 is 95.2 Å². The number of hydrogen-bond acceptors (Lipinski definition) is 41. The van der Waals surface area contributed by atoms with Crippen LogP contribution in [0.15, 0.2) is 136 Å². The van der Waals surface area contributed by atoms with Crippen LogP contribution in [0.5, 0.6) is 34.5 Å². The summed E-state index contributed by atoms with van der Waals surface area (Å²) in [5.74, 6) is -0.998. The van der Waals surface area contributed by atoms with Gasteiger partial charge in [-0.1, -0.05) is 79.7 Å². The minimum absolute atomic E-state index is 0.000942. The first-order valence-electron chi connectivity index (χ1n) is 47.1. The Morgan fingerprint density at radius 2 is 0.692 bits per heavy atom. The van der Waals surface area contributed by atoms with Crippen LogP contribution in [0.2, 0.25) is 0 Å². The maximum absolute atomic E-state index is 11.9. The molecule has 0 saturated carbocycles. The predicted molar refractivity (Wildman–Crippen MR) is 528 cm³/mol. The molecule has 9 fully saturated rings. The molecule has 47 nitrogen and oxygen atoms in total. The number of likely N-dealkylation sites (N-methyl/N-ethyl adjacent to an activating group) is 1. The van der Waals surface area contributed by atoms with Crippen LogP contribution in [0.3, 0.4) is 0 Å². The van der Waals surface area contributed by atoms with Crippen molar-refractivity contribution in [3.8, 4) is 34.5 Å². The molecule has 18 atom stereocenters. The standard InChI is InChI=1S/C20H26N2O8S.C17H22N2O7S.C15H20N2O6S.C14H19N3O3S.C14H18N2O6S.C13H17N3O3S/c1-19(2)27-14-12(26-18-16(15(14)28-19)29-20(3,4)30-18)8-25-11-7-5-6-10-9-31(23,24)22-17(21)13(10)11;1-17(2)25-13-11(24-16(22-3)14(13)26-17)7-23-10-6-4-5-9-8-27(20,21)19-15(18)12(9)10;1-2-9-13(18)14(19)11(23-9)6-22-10-5-3-4-8-7-24(20,21)17-15(16)12(8)10;15-14-13-11(10-21(18,19)16-14)4-3-5-12(13)20-9-8-17-6-1-2-7-17;1-7-12(17)13(18)10(22-7)5-21-9-4-2-3-8-6-23(19,20)16-14(15)11(8)9;1-16-6-5-10(7-16)19-11-4-2-3-9-8-20(17,18)15-13(14)12(9)11/h5-7,12,14-16,18H,8-9H2,1-4H3,(H2,21,22);4-6,11,13-14,16H,7-8H2,1-3H3,(H2,18,19);3-5,9,11,13-14,18-19H,2,6-7H2,1H3,(H2,16,17);3-5H,1-2,6-10H2,(H2,15,16);2-4,7,10,12-13,17-18H,5-6H2,1H3,(H2,15,16);2-4,10H,5-8H2,1H3,(H2,14,15)/t12?,14-,15+,16+,18+;11-,13-,14-,16-;9-,11+,13-,14+;;7-,10+,12-,13+;10-/m010.00/s1. The van der Waals surface area contributed by atoms with Gasteiger partial charge in [-0.3, -0.25) is 4.90 Å². The van der Waals surface area contributed by atoms with Gasteiger partial charge in [0.2, 0.25) is 0 Å². The molecule has 0 aliphatic carbocycles. The average molecular weight is 2160 g/mol. The molecule has 9 saturated heterocycles. The lowest BCUT2D eigenvalue weighted by Gasteiger charge is -2.37. The van der Waals surface area contributed by atoms with Crippen molar-refractivity contribution in [2.24, 2.45) is 60.8 Å². The number of hydrogen-bond donors (Lipinski definition) is 10. The van der Waals surface area contributed by atoms with Crippen LogP contribution in [0.4, 0.5) is 0 Å². The number of amidine groups is 6. The van der Waals surface area contributed by atoms with E-state index in [0.29, 0.717) is 114 Å². The molecule has 146 heavy (non-hydrogen) atoms. The molecule has 21 rings (SSSR count). The van der Waals surface area contributed by atoms with Gasteiger partial charge >= 0.3 is 0 Å². The van der Waals surface area contributed by atoms with E-state index in [9.17, 15) is 70.9 Å². The summed E-state index contributed by atoms with van der Waals surface area (Å²) < 4.78 is 261. The number of aliphatic hydroxyl groups excluding tert-OH is 4. The lowest BCUT2D eigenvalue weighted by atomic mass is 9.99. The van der Waals surface area contributed by atoms with Gasteiger partial charge < -0.3 is 140 Å². The van der Waals surface area contributed by atoms with Crippen molar-refractivity contribution in [2.75, 3.05) is 79.9 Å². The number of methoxy groups -OCH3 is 1. The van der Waals surface area contributed by atoms with Gasteiger partial charge in [0.25, 0.3) is 60.1 Å². The lowest BCUT2D eigenvalue weighted by Crippen LogP contribution is -2.56.